The Bertz CT molecular complexity index is 387. The molecule has 1 unspecified atom stereocenters. The molecule has 1 aromatic rings. The summed E-state index contributed by atoms with van der Waals surface area (Å²) in [5, 5.41) is 4.58. The monoisotopic (exact) mass is 307 g/mol. The minimum atomic E-state index is 0.641. The van der Waals surface area contributed by atoms with Gasteiger partial charge in [0.15, 0.2) is 0 Å². The molecular formula is C18H29NOS. The number of methoxy groups -OCH3 is 1. The molecular weight excluding hydrogens is 278 g/mol. The summed E-state index contributed by atoms with van der Waals surface area (Å²) >= 11 is 2.19. The fourth-order valence-corrected chi connectivity index (χ4v) is 4.43. The molecule has 2 rings (SSSR count). The molecule has 0 aromatic heterocycles. The first-order chi connectivity index (χ1) is 10.3. The molecule has 118 valence electrons. The van der Waals surface area contributed by atoms with Gasteiger partial charge in [-0.2, -0.15) is 11.8 Å². The first kappa shape index (κ1) is 16.7. The van der Waals surface area contributed by atoms with Gasteiger partial charge in [-0.15, -0.1) is 0 Å². The molecule has 1 aromatic carbocycles. The highest BCUT2D eigenvalue weighted by Gasteiger charge is 2.17. The first-order valence-electron chi connectivity index (χ1n) is 8.29. The van der Waals surface area contributed by atoms with Crippen LogP contribution in [-0.2, 0) is 6.42 Å². The maximum atomic E-state index is 5.21. The van der Waals surface area contributed by atoms with E-state index in [1.165, 1.54) is 43.4 Å². The van der Waals surface area contributed by atoms with Gasteiger partial charge in [0.1, 0.15) is 5.75 Å². The lowest BCUT2D eigenvalue weighted by atomic mass is 10.1. The zero-order chi connectivity index (χ0) is 14.9. The summed E-state index contributed by atoms with van der Waals surface area (Å²) in [7, 11) is 1.72. The highest BCUT2D eigenvalue weighted by atomic mass is 32.2. The topological polar surface area (TPSA) is 21.3 Å². The van der Waals surface area contributed by atoms with Crippen LogP contribution in [0.3, 0.4) is 0 Å². The smallest absolute Gasteiger partial charge is 0.118 e. The van der Waals surface area contributed by atoms with Crippen molar-refractivity contribution in [3.63, 3.8) is 0 Å². The van der Waals surface area contributed by atoms with E-state index in [0.29, 0.717) is 6.04 Å². The summed E-state index contributed by atoms with van der Waals surface area (Å²) in [6, 6.07) is 9.14. The van der Waals surface area contributed by atoms with Gasteiger partial charge in [0.25, 0.3) is 0 Å². The minimum Gasteiger partial charge on any atom is -0.497 e. The summed E-state index contributed by atoms with van der Waals surface area (Å²) in [6.07, 6.45) is 8.11. The molecule has 1 atom stereocenters. The number of benzene rings is 1. The molecule has 2 nitrogen and oxygen atoms in total. The van der Waals surface area contributed by atoms with Crippen molar-refractivity contribution in [1.82, 2.24) is 5.32 Å². The van der Waals surface area contributed by atoms with E-state index in [2.05, 4.69) is 48.3 Å². The van der Waals surface area contributed by atoms with Crippen molar-refractivity contribution in [2.45, 2.75) is 56.7 Å². The Kier molecular flexibility index (Phi) is 7.45. The Hall–Kier alpha value is -0.670. The van der Waals surface area contributed by atoms with E-state index in [1.54, 1.807) is 7.11 Å². The Morgan fingerprint density at radius 3 is 2.57 bits per heavy atom. The third-order valence-corrected chi connectivity index (χ3v) is 5.81. The number of nitrogens with one attached hydrogen (secondary N) is 1. The van der Waals surface area contributed by atoms with Gasteiger partial charge >= 0.3 is 0 Å². The maximum absolute atomic E-state index is 5.21. The number of hydrogen-bond donors (Lipinski definition) is 1. The van der Waals surface area contributed by atoms with Crippen LogP contribution in [0.15, 0.2) is 24.3 Å². The van der Waals surface area contributed by atoms with E-state index >= 15 is 0 Å². The predicted molar refractivity (Wildman–Crippen MR) is 93.5 cm³/mol. The van der Waals surface area contributed by atoms with E-state index in [1.807, 2.05) is 0 Å². The average Bonchev–Trinajstić information content (AvgIpc) is 3.04. The third-order valence-electron chi connectivity index (χ3n) is 4.27. The Balaban J connectivity index is 1.75. The predicted octanol–water partition coefficient (Wildman–Crippen LogP) is 4.28. The lowest BCUT2D eigenvalue weighted by Gasteiger charge is -2.19. The van der Waals surface area contributed by atoms with Crippen molar-refractivity contribution in [2.24, 2.45) is 0 Å². The van der Waals surface area contributed by atoms with Gasteiger partial charge in [0.05, 0.1) is 7.11 Å². The van der Waals surface area contributed by atoms with Gasteiger partial charge < -0.3 is 10.1 Å². The Labute approximate surface area is 134 Å². The molecule has 0 bridgehead atoms. The van der Waals surface area contributed by atoms with Gasteiger partial charge in [-0.3, -0.25) is 0 Å². The second-order valence-electron chi connectivity index (χ2n) is 5.88. The fraction of sp³-hybridized carbons (Fsp3) is 0.667. The van der Waals surface area contributed by atoms with E-state index in [0.717, 1.165) is 24.0 Å². The number of ether oxygens (including phenoxy) is 1. The quantitative estimate of drug-likeness (QED) is 0.735. The van der Waals surface area contributed by atoms with E-state index in [4.69, 9.17) is 4.74 Å². The molecule has 1 aliphatic rings. The molecule has 1 saturated carbocycles. The standard InChI is InChI=1S/C18H29NOS/c1-3-19-16(14-21-18-6-4-5-7-18)11-8-15-9-12-17(20-2)13-10-15/h9-10,12-13,16,18-19H,3-8,11,14H2,1-2H3. The summed E-state index contributed by atoms with van der Waals surface area (Å²) in [6.45, 7) is 3.28. The molecule has 0 spiro atoms. The highest BCUT2D eigenvalue weighted by Crippen LogP contribution is 2.30. The lowest BCUT2D eigenvalue weighted by molar-refractivity contribution is 0.414. The largest absolute Gasteiger partial charge is 0.497 e. The van der Waals surface area contributed by atoms with Crippen LogP contribution in [0.25, 0.3) is 0 Å². The van der Waals surface area contributed by atoms with E-state index < -0.39 is 0 Å². The second kappa shape index (κ2) is 9.37. The van der Waals surface area contributed by atoms with Crippen LogP contribution >= 0.6 is 11.8 Å². The normalized spacial score (nSPS) is 17.0. The molecule has 0 amide bonds. The van der Waals surface area contributed by atoms with Crippen LogP contribution in [0, 0.1) is 0 Å². The average molecular weight is 308 g/mol. The van der Waals surface area contributed by atoms with Crippen LogP contribution in [0.2, 0.25) is 0 Å². The summed E-state index contributed by atoms with van der Waals surface area (Å²) in [4.78, 5) is 0. The van der Waals surface area contributed by atoms with Crippen LogP contribution in [0.1, 0.15) is 44.6 Å². The highest BCUT2D eigenvalue weighted by molar-refractivity contribution is 7.99. The zero-order valence-electron chi connectivity index (χ0n) is 13.4. The van der Waals surface area contributed by atoms with Crippen LogP contribution < -0.4 is 10.1 Å². The first-order valence-corrected chi connectivity index (χ1v) is 9.34. The number of thioether (sulfide) groups is 1. The van der Waals surface area contributed by atoms with Gasteiger partial charge in [-0.25, -0.2) is 0 Å². The van der Waals surface area contributed by atoms with E-state index in [-0.39, 0.29) is 0 Å². The molecule has 1 aliphatic carbocycles. The maximum Gasteiger partial charge on any atom is 0.118 e. The zero-order valence-corrected chi connectivity index (χ0v) is 14.3. The number of aryl methyl sites for hydroxylation is 1. The van der Waals surface area contributed by atoms with Crippen molar-refractivity contribution in [1.29, 1.82) is 0 Å². The fourth-order valence-electron chi connectivity index (χ4n) is 2.97. The van der Waals surface area contributed by atoms with Gasteiger partial charge in [-0.1, -0.05) is 31.9 Å². The molecule has 1 fully saturated rings. The molecule has 0 heterocycles. The minimum absolute atomic E-state index is 0.641. The molecule has 0 aliphatic heterocycles. The molecule has 21 heavy (non-hydrogen) atoms. The number of rotatable bonds is 9. The Morgan fingerprint density at radius 2 is 1.95 bits per heavy atom. The third kappa shape index (κ3) is 5.91. The lowest BCUT2D eigenvalue weighted by Crippen LogP contribution is -2.32. The van der Waals surface area contributed by atoms with Crippen molar-refractivity contribution in [3.05, 3.63) is 29.8 Å². The van der Waals surface area contributed by atoms with Crippen molar-refractivity contribution in [2.75, 3.05) is 19.4 Å². The summed E-state index contributed by atoms with van der Waals surface area (Å²) < 4.78 is 5.21. The van der Waals surface area contributed by atoms with Crippen molar-refractivity contribution >= 4 is 11.8 Å². The summed E-state index contributed by atoms with van der Waals surface area (Å²) in [5.41, 5.74) is 1.41. The molecule has 0 saturated heterocycles. The van der Waals surface area contributed by atoms with Crippen LogP contribution in [0.4, 0.5) is 0 Å². The molecule has 0 radical (unpaired) electrons. The van der Waals surface area contributed by atoms with Gasteiger partial charge in [-0.05, 0) is 49.9 Å². The van der Waals surface area contributed by atoms with Gasteiger partial charge in [0.2, 0.25) is 0 Å². The Morgan fingerprint density at radius 1 is 1.24 bits per heavy atom. The second-order valence-corrected chi connectivity index (χ2v) is 7.21. The van der Waals surface area contributed by atoms with Crippen LogP contribution in [0.5, 0.6) is 5.75 Å². The molecule has 1 N–H and O–H groups in total. The van der Waals surface area contributed by atoms with Crippen molar-refractivity contribution < 1.29 is 4.74 Å². The van der Waals surface area contributed by atoms with Crippen LogP contribution in [-0.4, -0.2) is 30.7 Å². The molecule has 3 heteroatoms. The summed E-state index contributed by atoms with van der Waals surface area (Å²) in [5.74, 6) is 2.20. The van der Waals surface area contributed by atoms with Crippen molar-refractivity contribution in [3.8, 4) is 5.75 Å². The van der Waals surface area contributed by atoms with Gasteiger partial charge in [0, 0.05) is 17.0 Å². The number of hydrogen-bond acceptors (Lipinski definition) is 3. The SMILES string of the molecule is CCNC(CCc1ccc(OC)cc1)CSC1CCCC1. The van der Waals surface area contributed by atoms with E-state index in [9.17, 15) is 0 Å².